The Balaban J connectivity index is 1.40. The summed E-state index contributed by atoms with van der Waals surface area (Å²) in [5.41, 5.74) is 1.78. The van der Waals surface area contributed by atoms with Crippen molar-refractivity contribution in [2.24, 2.45) is 13.0 Å². The maximum absolute atomic E-state index is 12.9. The van der Waals surface area contributed by atoms with Gasteiger partial charge in [-0.2, -0.15) is 5.10 Å². The first-order chi connectivity index (χ1) is 12.6. The largest absolute Gasteiger partial charge is 0.353 e. The van der Waals surface area contributed by atoms with Crippen molar-refractivity contribution in [3.63, 3.8) is 0 Å². The van der Waals surface area contributed by atoms with E-state index in [2.05, 4.69) is 15.0 Å². The molecule has 2 aliphatic rings. The molecule has 0 unspecified atom stereocenters. The van der Waals surface area contributed by atoms with Crippen LogP contribution in [0.4, 0.5) is 5.82 Å². The van der Waals surface area contributed by atoms with E-state index < -0.39 is 0 Å². The fourth-order valence-electron chi connectivity index (χ4n) is 3.85. The Hall–Kier alpha value is -2.70. The van der Waals surface area contributed by atoms with Crippen LogP contribution in [0.2, 0.25) is 0 Å². The molecule has 0 aromatic carbocycles. The van der Waals surface area contributed by atoms with Gasteiger partial charge in [0.05, 0.1) is 5.69 Å². The van der Waals surface area contributed by atoms with Gasteiger partial charge in [0.1, 0.15) is 5.82 Å². The molecular formula is C19H23N5O2. The summed E-state index contributed by atoms with van der Waals surface area (Å²) in [5, 5.41) is 4.33. The number of anilines is 1. The first-order valence-corrected chi connectivity index (χ1v) is 9.12. The van der Waals surface area contributed by atoms with Crippen molar-refractivity contribution in [3.05, 3.63) is 52.1 Å². The van der Waals surface area contributed by atoms with Gasteiger partial charge in [0.25, 0.3) is 5.56 Å². The molecule has 0 radical (unpaired) electrons. The molecule has 2 aromatic rings. The number of nitrogens with zero attached hydrogens (tertiary/aromatic N) is 5. The minimum Gasteiger partial charge on any atom is -0.353 e. The molecule has 2 aromatic heterocycles. The van der Waals surface area contributed by atoms with Gasteiger partial charge in [-0.05, 0) is 37.0 Å². The van der Waals surface area contributed by atoms with Gasteiger partial charge in [-0.25, -0.2) is 9.67 Å². The Bertz CT molecular complexity index is 856. The molecule has 0 saturated carbocycles. The average molecular weight is 353 g/mol. The van der Waals surface area contributed by atoms with Crippen molar-refractivity contribution in [3.8, 4) is 0 Å². The van der Waals surface area contributed by atoms with Gasteiger partial charge in [0.2, 0.25) is 5.91 Å². The number of piperazine rings is 1. The number of hydrogen-bond donors (Lipinski definition) is 0. The van der Waals surface area contributed by atoms with Crippen LogP contribution in [0.1, 0.15) is 17.7 Å². The second-order valence-corrected chi connectivity index (χ2v) is 7.02. The van der Waals surface area contributed by atoms with Gasteiger partial charge in [-0.3, -0.25) is 9.59 Å². The third-order valence-corrected chi connectivity index (χ3v) is 5.37. The maximum atomic E-state index is 12.9. The van der Waals surface area contributed by atoms with E-state index in [4.69, 9.17) is 0 Å². The zero-order valence-corrected chi connectivity index (χ0v) is 15.0. The van der Waals surface area contributed by atoms with E-state index in [1.165, 1.54) is 4.68 Å². The second kappa shape index (κ2) is 6.90. The zero-order chi connectivity index (χ0) is 18.1. The lowest BCUT2D eigenvalue weighted by Crippen LogP contribution is -2.51. The first-order valence-electron chi connectivity index (χ1n) is 9.12. The van der Waals surface area contributed by atoms with Gasteiger partial charge >= 0.3 is 0 Å². The summed E-state index contributed by atoms with van der Waals surface area (Å²) >= 11 is 0. The summed E-state index contributed by atoms with van der Waals surface area (Å²) in [6.45, 7) is 3.03. The van der Waals surface area contributed by atoms with Crippen molar-refractivity contribution in [2.75, 3.05) is 31.1 Å². The second-order valence-electron chi connectivity index (χ2n) is 7.02. The lowest BCUT2D eigenvalue weighted by atomic mass is 9.86. The standard InChI is InChI=1S/C19H23N5O2/c1-22-18(25)13-15-12-14(5-6-16(15)21-22)19(26)24-10-8-23(9-11-24)17-4-2-3-7-20-17/h2-4,7,13-14H,5-6,8-12H2,1H3/t14-/m1/s1. The van der Waals surface area contributed by atoms with E-state index in [1.54, 1.807) is 19.3 Å². The number of rotatable bonds is 2. The summed E-state index contributed by atoms with van der Waals surface area (Å²) in [4.78, 5) is 33.3. The van der Waals surface area contributed by atoms with Crippen molar-refractivity contribution in [1.82, 2.24) is 19.7 Å². The van der Waals surface area contributed by atoms with E-state index in [-0.39, 0.29) is 17.4 Å². The summed E-state index contributed by atoms with van der Waals surface area (Å²) in [6, 6.07) is 7.54. The molecule has 1 aliphatic carbocycles. The highest BCUT2D eigenvalue weighted by Crippen LogP contribution is 2.25. The topological polar surface area (TPSA) is 71.3 Å². The van der Waals surface area contributed by atoms with Crippen LogP contribution in [0, 0.1) is 5.92 Å². The normalized spacial score (nSPS) is 20.0. The Labute approximate surface area is 152 Å². The molecule has 136 valence electrons. The Kier molecular flexibility index (Phi) is 4.44. The lowest BCUT2D eigenvalue weighted by Gasteiger charge is -2.37. The molecule has 0 bridgehead atoms. The van der Waals surface area contributed by atoms with Crippen LogP contribution >= 0.6 is 0 Å². The molecule has 1 fully saturated rings. The van der Waals surface area contributed by atoms with Crippen molar-refractivity contribution >= 4 is 11.7 Å². The van der Waals surface area contributed by atoms with E-state index in [1.807, 2.05) is 23.1 Å². The number of aryl methyl sites for hydroxylation is 2. The van der Waals surface area contributed by atoms with Crippen LogP contribution in [0.3, 0.4) is 0 Å². The highest BCUT2D eigenvalue weighted by atomic mass is 16.2. The lowest BCUT2D eigenvalue weighted by molar-refractivity contribution is -0.136. The molecule has 3 heterocycles. The van der Waals surface area contributed by atoms with Crippen LogP contribution in [-0.4, -0.2) is 51.8 Å². The van der Waals surface area contributed by atoms with Gasteiger partial charge in [0, 0.05) is 51.4 Å². The molecule has 1 aliphatic heterocycles. The third-order valence-electron chi connectivity index (χ3n) is 5.37. The van der Waals surface area contributed by atoms with Gasteiger partial charge < -0.3 is 9.80 Å². The summed E-state index contributed by atoms with van der Waals surface area (Å²) in [5.74, 6) is 1.13. The Morgan fingerprint density at radius 3 is 2.73 bits per heavy atom. The first kappa shape index (κ1) is 16.8. The monoisotopic (exact) mass is 353 g/mol. The smallest absolute Gasteiger partial charge is 0.266 e. The Morgan fingerprint density at radius 1 is 1.19 bits per heavy atom. The number of aromatic nitrogens is 3. The van der Waals surface area contributed by atoms with Crippen molar-refractivity contribution in [1.29, 1.82) is 0 Å². The number of fused-ring (bicyclic) bond motifs is 1. The Morgan fingerprint density at radius 2 is 2.00 bits per heavy atom. The minimum absolute atomic E-state index is 0.0437. The summed E-state index contributed by atoms with van der Waals surface area (Å²) < 4.78 is 1.37. The molecular weight excluding hydrogens is 330 g/mol. The molecule has 1 saturated heterocycles. The van der Waals surface area contributed by atoms with Crippen molar-refractivity contribution in [2.45, 2.75) is 19.3 Å². The fourth-order valence-corrected chi connectivity index (χ4v) is 3.85. The number of pyridine rings is 1. The quantitative estimate of drug-likeness (QED) is 0.792. The van der Waals surface area contributed by atoms with Gasteiger partial charge in [-0.15, -0.1) is 0 Å². The molecule has 0 N–H and O–H groups in total. The highest BCUT2D eigenvalue weighted by Gasteiger charge is 2.31. The number of carbonyl (C=O) groups excluding carboxylic acids is 1. The number of carbonyl (C=O) groups is 1. The average Bonchev–Trinajstić information content (AvgIpc) is 2.69. The van der Waals surface area contributed by atoms with E-state index in [0.29, 0.717) is 19.5 Å². The van der Waals surface area contributed by atoms with Crippen LogP contribution in [0.25, 0.3) is 0 Å². The van der Waals surface area contributed by atoms with Gasteiger partial charge in [-0.1, -0.05) is 6.07 Å². The molecule has 0 spiro atoms. The SMILES string of the molecule is Cn1nc2c(cc1=O)C[C@H](C(=O)N1CCN(c3ccccn3)CC1)CC2. The van der Waals surface area contributed by atoms with Crippen LogP contribution in [0.15, 0.2) is 35.3 Å². The number of hydrogen-bond acceptors (Lipinski definition) is 5. The van der Waals surface area contributed by atoms with Crippen LogP contribution in [-0.2, 0) is 24.7 Å². The molecule has 26 heavy (non-hydrogen) atoms. The summed E-state index contributed by atoms with van der Waals surface area (Å²) in [7, 11) is 1.67. The van der Waals surface area contributed by atoms with Crippen LogP contribution < -0.4 is 10.5 Å². The van der Waals surface area contributed by atoms with E-state index in [9.17, 15) is 9.59 Å². The fraction of sp³-hybridized carbons (Fsp3) is 0.474. The molecule has 7 heteroatoms. The summed E-state index contributed by atoms with van der Waals surface area (Å²) in [6.07, 6.45) is 3.98. The molecule has 4 rings (SSSR count). The highest BCUT2D eigenvalue weighted by molar-refractivity contribution is 5.79. The molecule has 1 atom stereocenters. The number of amides is 1. The van der Waals surface area contributed by atoms with E-state index >= 15 is 0 Å². The third kappa shape index (κ3) is 3.21. The predicted molar refractivity (Wildman–Crippen MR) is 98.0 cm³/mol. The predicted octanol–water partition coefficient (Wildman–Crippen LogP) is 0.629. The van der Waals surface area contributed by atoms with Crippen molar-refractivity contribution < 1.29 is 4.79 Å². The maximum Gasteiger partial charge on any atom is 0.266 e. The zero-order valence-electron chi connectivity index (χ0n) is 15.0. The molecule has 1 amide bonds. The van der Waals surface area contributed by atoms with Crippen LogP contribution in [0.5, 0.6) is 0 Å². The van der Waals surface area contributed by atoms with E-state index in [0.717, 1.165) is 43.0 Å². The van der Waals surface area contributed by atoms with Gasteiger partial charge in [0.15, 0.2) is 0 Å². The minimum atomic E-state index is -0.110. The molecule has 7 nitrogen and oxygen atoms in total.